The van der Waals surface area contributed by atoms with E-state index in [2.05, 4.69) is 14.2 Å². The monoisotopic (exact) mass is 198 g/mol. The van der Waals surface area contributed by atoms with Gasteiger partial charge in [0.15, 0.2) is 0 Å². The normalized spacial score (nSPS) is 6.46. The minimum absolute atomic E-state index is 0.657. The van der Waals surface area contributed by atoms with Crippen LogP contribution in [0.5, 0.6) is 0 Å². The average molecular weight is 198 g/mol. The molecule has 0 fully saturated rings. The topological polar surface area (TPSA) is 102 Å². The second-order valence-corrected chi connectivity index (χ2v) is 1.35. The lowest BCUT2D eigenvalue weighted by atomic mass is 11.3. The van der Waals surface area contributed by atoms with Crippen molar-refractivity contribution in [1.29, 1.82) is 0 Å². The lowest BCUT2D eigenvalue weighted by molar-refractivity contribution is 0.0924. The number of carbonyl (C=O) groups excluding carboxylic acids is 1. The molecule has 0 aliphatic carbocycles. The third kappa shape index (κ3) is 121. The quantitative estimate of drug-likeness (QED) is 0.557. The second kappa shape index (κ2) is 16.8. The van der Waals surface area contributed by atoms with E-state index in [1.165, 1.54) is 14.2 Å². The van der Waals surface area contributed by atoms with Crippen LogP contribution in [0.2, 0.25) is 0 Å². The summed E-state index contributed by atoms with van der Waals surface area (Å²) in [6.07, 6.45) is -2.49. The first kappa shape index (κ1) is 17.5. The van der Waals surface area contributed by atoms with Crippen LogP contribution in [0.1, 0.15) is 0 Å². The number of rotatable bonds is 0. The summed E-state index contributed by atoms with van der Waals surface area (Å²) < 4.78 is 12.3. The summed E-state index contributed by atoms with van der Waals surface area (Å²) in [6.45, 7) is 0. The molecule has 13 heavy (non-hydrogen) atoms. The highest BCUT2D eigenvalue weighted by molar-refractivity contribution is 5.59. The maximum atomic E-state index is 9.74. The Labute approximate surface area is 75.8 Å². The molecule has 0 aliphatic heterocycles. The Kier molecular flexibility index (Phi) is 22.7. The van der Waals surface area contributed by atoms with E-state index in [-0.39, 0.29) is 0 Å². The number of hydrogen-bond acceptors (Lipinski definition) is 5. The van der Waals surface area contributed by atoms with Crippen LogP contribution >= 0.6 is 0 Å². The minimum atomic E-state index is -1.83. The molecule has 0 aromatic carbocycles. The number of carboxylic acid groups (broad SMARTS) is 2. The maximum absolute atomic E-state index is 9.74. The molecule has 7 heteroatoms. The first-order valence-electron chi connectivity index (χ1n) is 2.90. The molecule has 0 bridgehead atoms. The highest BCUT2D eigenvalue weighted by atomic mass is 16.7. The van der Waals surface area contributed by atoms with E-state index in [9.17, 15) is 4.79 Å². The van der Waals surface area contributed by atoms with Gasteiger partial charge >= 0.3 is 12.3 Å². The lowest BCUT2D eigenvalue weighted by Crippen LogP contribution is -1.97. The molecule has 0 saturated carbocycles. The number of methoxy groups -OCH3 is 3. The van der Waals surface area contributed by atoms with Gasteiger partial charge in [-0.05, 0) is 0 Å². The van der Waals surface area contributed by atoms with Crippen molar-refractivity contribution in [1.82, 2.24) is 0 Å². The van der Waals surface area contributed by atoms with Crippen molar-refractivity contribution in [3.63, 3.8) is 0 Å². The molecule has 0 radical (unpaired) electrons. The molecule has 0 saturated heterocycles. The van der Waals surface area contributed by atoms with Crippen molar-refractivity contribution in [2.75, 3.05) is 28.4 Å². The highest BCUT2D eigenvalue weighted by Crippen LogP contribution is 1.72. The zero-order valence-corrected chi connectivity index (χ0v) is 7.94. The molecule has 0 heterocycles. The molecule has 0 unspecified atom stereocenters. The molecule has 80 valence electrons. The molecular weight excluding hydrogens is 184 g/mol. The molecule has 0 aliphatic rings. The highest BCUT2D eigenvalue weighted by Gasteiger charge is 1.88. The number of carbonyl (C=O) groups is 2. The summed E-state index contributed by atoms with van der Waals surface area (Å²) >= 11 is 0. The van der Waals surface area contributed by atoms with Crippen molar-refractivity contribution in [3.8, 4) is 0 Å². The van der Waals surface area contributed by atoms with Gasteiger partial charge in [-0.3, -0.25) is 0 Å². The summed E-state index contributed by atoms with van der Waals surface area (Å²) in [4.78, 5) is 18.3. The third-order valence-corrected chi connectivity index (χ3v) is 0.333. The summed E-state index contributed by atoms with van der Waals surface area (Å²) in [5.41, 5.74) is 0. The average Bonchev–Trinajstić information content (AvgIpc) is 2.03. The van der Waals surface area contributed by atoms with Crippen LogP contribution in [0.15, 0.2) is 0 Å². The molecular formula is C6H14O7. The van der Waals surface area contributed by atoms with Crippen molar-refractivity contribution < 1.29 is 34.0 Å². The molecule has 0 spiro atoms. The van der Waals surface area contributed by atoms with E-state index in [1.807, 2.05) is 0 Å². The summed E-state index contributed by atoms with van der Waals surface area (Å²) in [6, 6.07) is 0. The van der Waals surface area contributed by atoms with E-state index in [0.29, 0.717) is 0 Å². The smallest absolute Gasteiger partial charge is 0.450 e. The first-order chi connectivity index (χ1) is 5.95. The molecule has 0 amide bonds. The first-order valence-corrected chi connectivity index (χ1v) is 2.90. The largest absolute Gasteiger partial charge is 0.507 e. The van der Waals surface area contributed by atoms with Gasteiger partial charge in [-0.1, -0.05) is 0 Å². The van der Waals surface area contributed by atoms with Gasteiger partial charge in [0, 0.05) is 14.2 Å². The van der Waals surface area contributed by atoms with Crippen molar-refractivity contribution >= 4 is 12.3 Å². The van der Waals surface area contributed by atoms with Gasteiger partial charge in [0.1, 0.15) is 0 Å². The Morgan fingerprint density at radius 3 is 1.08 bits per heavy atom. The maximum Gasteiger partial charge on any atom is 0.507 e. The van der Waals surface area contributed by atoms with E-state index in [4.69, 9.17) is 15.0 Å². The molecule has 0 aromatic heterocycles. The van der Waals surface area contributed by atoms with Crippen LogP contribution in [-0.2, 0) is 14.2 Å². The Balaban J connectivity index is -0.000000125. The Morgan fingerprint density at radius 2 is 1.08 bits per heavy atom. The fraction of sp³-hybridized carbons (Fsp3) is 0.667. The van der Waals surface area contributed by atoms with E-state index in [1.54, 1.807) is 14.2 Å². The predicted molar refractivity (Wildman–Crippen MR) is 43.0 cm³/mol. The summed E-state index contributed by atoms with van der Waals surface area (Å²) in [5.74, 6) is 0. The SMILES string of the molecule is COC.COC(=O)OC.O=C(O)O. The van der Waals surface area contributed by atoms with Crippen LogP contribution in [-0.4, -0.2) is 51.0 Å². The number of hydrogen-bond donors (Lipinski definition) is 2. The fourth-order valence-corrected chi connectivity index (χ4v) is 0.0833. The standard InChI is InChI=1S/C3H6O3.C2H6O.CH2O3/c1-5-3(4)6-2;1-3-2;2-1(3)4/h1-2H3;1-2H3;(H2,2,3,4). The summed E-state index contributed by atoms with van der Waals surface area (Å²) in [7, 11) is 5.76. The van der Waals surface area contributed by atoms with Crippen LogP contribution in [0.4, 0.5) is 9.59 Å². The van der Waals surface area contributed by atoms with Gasteiger partial charge in [0.25, 0.3) is 0 Å². The van der Waals surface area contributed by atoms with Crippen molar-refractivity contribution in [2.24, 2.45) is 0 Å². The van der Waals surface area contributed by atoms with Gasteiger partial charge in [0.05, 0.1) is 14.2 Å². The molecule has 7 nitrogen and oxygen atoms in total. The van der Waals surface area contributed by atoms with Crippen molar-refractivity contribution in [2.45, 2.75) is 0 Å². The van der Waals surface area contributed by atoms with E-state index in [0.717, 1.165) is 0 Å². The van der Waals surface area contributed by atoms with Gasteiger partial charge in [0.2, 0.25) is 0 Å². The third-order valence-electron chi connectivity index (χ3n) is 0.333. The Bertz CT molecular complexity index is 112. The van der Waals surface area contributed by atoms with Gasteiger partial charge in [-0.15, -0.1) is 0 Å². The zero-order valence-electron chi connectivity index (χ0n) is 7.94. The van der Waals surface area contributed by atoms with Crippen LogP contribution in [0.3, 0.4) is 0 Å². The Hall–Kier alpha value is -1.50. The molecule has 0 atom stereocenters. The van der Waals surface area contributed by atoms with Gasteiger partial charge in [-0.2, -0.15) is 0 Å². The minimum Gasteiger partial charge on any atom is -0.450 e. The molecule has 0 rings (SSSR count). The lowest BCUT2D eigenvalue weighted by Gasteiger charge is -1.89. The second-order valence-electron chi connectivity index (χ2n) is 1.35. The zero-order chi connectivity index (χ0) is 11.3. The van der Waals surface area contributed by atoms with Crippen LogP contribution in [0, 0.1) is 0 Å². The van der Waals surface area contributed by atoms with Gasteiger partial charge in [-0.25, -0.2) is 9.59 Å². The number of ether oxygens (including phenoxy) is 3. The van der Waals surface area contributed by atoms with Gasteiger partial charge < -0.3 is 24.4 Å². The summed E-state index contributed by atoms with van der Waals surface area (Å²) in [5, 5.41) is 13.9. The van der Waals surface area contributed by atoms with E-state index >= 15 is 0 Å². The van der Waals surface area contributed by atoms with Crippen molar-refractivity contribution in [3.05, 3.63) is 0 Å². The fourth-order valence-electron chi connectivity index (χ4n) is 0.0833. The molecule has 2 N–H and O–H groups in total. The predicted octanol–water partition coefficient (Wildman–Crippen LogP) is 0.884. The van der Waals surface area contributed by atoms with Crippen LogP contribution < -0.4 is 0 Å². The molecule has 0 aromatic rings. The van der Waals surface area contributed by atoms with Crippen LogP contribution in [0.25, 0.3) is 0 Å². The Morgan fingerprint density at radius 1 is 0.923 bits per heavy atom. The van der Waals surface area contributed by atoms with E-state index < -0.39 is 12.3 Å².